The second kappa shape index (κ2) is 3.08. The lowest BCUT2D eigenvalue weighted by molar-refractivity contribution is 0.506. The van der Waals surface area contributed by atoms with Crippen LogP contribution in [0.4, 0.5) is 0 Å². The molecule has 0 aromatic carbocycles. The third-order valence-corrected chi connectivity index (χ3v) is 4.31. The molecule has 14 heavy (non-hydrogen) atoms. The summed E-state index contributed by atoms with van der Waals surface area (Å²) < 4.78 is 23.9. The molecule has 5 heteroatoms. The molecule has 2 rings (SSSR count). The highest BCUT2D eigenvalue weighted by Crippen LogP contribution is 2.24. The molecule has 1 saturated heterocycles. The Kier molecular flexibility index (Phi) is 2.14. The van der Waals surface area contributed by atoms with E-state index in [2.05, 4.69) is 18.8 Å². The maximum atomic E-state index is 11.0. The van der Waals surface area contributed by atoms with Crippen molar-refractivity contribution in [2.75, 3.05) is 11.5 Å². The molecule has 0 unspecified atom stereocenters. The Morgan fingerprint density at radius 3 is 2.57 bits per heavy atom. The van der Waals surface area contributed by atoms with Gasteiger partial charge in [0.05, 0.1) is 29.6 Å². The summed E-state index contributed by atoms with van der Waals surface area (Å²) in [6.07, 6.45) is 3.68. The topological polar surface area (TPSA) is 52.0 Å². The molecule has 0 spiro atoms. The van der Waals surface area contributed by atoms with Gasteiger partial charge in [0.15, 0.2) is 9.84 Å². The van der Waals surface area contributed by atoms with Crippen LogP contribution in [0.2, 0.25) is 0 Å². The second-order valence-electron chi connectivity index (χ2n) is 4.13. The fraction of sp³-hybridized carbons (Fsp3) is 0.667. The van der Waals surface area contributed by atoms with Crippen LogP contribution in [0, 0.1) is 0 Å². The Morgan fingerprint density at radius 2 is 2.14 bits per heavy atom. The lowest BCUT2D eigenvalue weighted by atomic mass is 10.2. The molecule has 1 aromatic heterocycles. The molecule has 0 saturated carbocycles. The normalized spacial score (nSPS) is 21.1. The average Bonchev–Trinajstić information content (AvgIpc) is 2.47. The molecule has 1 aliphatic heterocycles. The minimum atomic E-state index is -2.74. The van der Waals surface area contributed by atoms with Crippen LogP contribution in [0.3, 0.4) is 0 Å². The van der Waals surface area contributed by atoms with Crippen molar-refractivity contribution in [3.05, 3.63) is 18.2 Å². The van der Waals surface area contributed by atoms with E-state index < -0.39 is 9.84 Å². The van der Waals surface area contributed by atoms with Gasteiger partial charge < -0.3 is 4.57 Å². The monoisotopic (exact) mass is 214 g/mol. The number of sulfone groups is 1. The van der Waals surface area contributed by atoms with E-state index in [4.69, 9.17) is 0 Å². The van der Waals surface area contributed by atoms with Gasteiger partial charge in [0.2, 0.25) is 0 Å². The van der Waals surface area contributed by atoms with Crippen molar-refractivity contribution in [1.82, 2.24) is 9.55 Å². The van der Waals surface area contributed by atoms with E-state index in [0.29, 0.717) is 5.92 Å². The van der Waals surface area contributed by atoms with Gasteiger partial charge in [0.25, 0.3) is 0 Å². The molecule has 0 bridgehead atoms. The van der Waals surface area contributed by atoms with Crippen LogP contribution in [0.25, 0.3) is 0 Å². The predicted molar refractivity (Wildman–Crippen MR) is 54.0 cm³/mol. The van der Waals surface area contributed by atoms with Gasteiger partial charge in [-0.15, -0.1) is 0 Å². The van der Waals surface area contributed by atoms with Gasteiger partial charge in [0.1, 0.15) is 0 Å². The molecular weight excluding hydrogens is 200 g/mol. The third-order valence-electron chi connectivity index (χ3n) is 2.53. The summed E-state index contributed by atoms with van der Waals surface area (Å²) in [4.78, 5) is 4.23. The molecular formula is C9H14N2O2S. The van der Waals surface area contributed by atoms with Crippen LogP contribution in [0.1, 0.15) is 31.5 Å². The maximum absolute atomic E-state index is 11.0. The Balaban J connectivity index is 2.12. The van der Waals surface area contributed by atoms with Crippen LogP contribution in [0.15, 0.2) is 12.5 Å². The van der Waals surface area contributed by atoms with Crippen LogP contribution in [0.5, 0.6) is 0 Å². The van der Waals surface area contributed by atoms with Crippen molar-refractivity contribution in [1.29, 1.82) is 0 Å². The third kappa shape index (κ3) is 1.68. The number of rotatable bonds is 2. The number of imidazole rings is 1. The van der Waals surface area contributed by atoms with E-state index in [-0.39, 0.29) is 17.5 Å². The number of hydrogen-bond donors (Lipinski definition) is 0. The summed E-state index contributed by atoms with van der Waals surface area (Å²) in [5, 5.41) is 0. The molecule has 0 aliphatic carbocycles. The van der Waals surface area contributed by atoms with Gasteiger partial charge in [-0.1, -0.05) is 13.8 Å². The maximum Gasteiger partial charge on any atom is 0.154 e. The minimum Gasteiger partial charge on any atom is -0.332 e. The zero-order valence-electron chi connectivity index (χ0n) is 8.34. The van der Waals surface area contributed by atoms with Crippen molar-refractivity contribution >= 4 is 9.84 Å². The van der Waals surface area contributed by atoms with Crippen molar-refractivity contribution in [3.63, 3.8) is 0 Å². The van der Waals surface area contributed by atoms with Crippen LogP contribution < -0.4 is 0 Å². The van der Waals surface area contributed by atoms with E-state index in [1.165, 1.54) is 0 Å². The van der Waals surface area contributed by atoms with E-state index >= 15 is 0 Å². The second-order valence-corrected chi connectivity index (χ2v) is 6.28. The summed E-state index contributed by atoms with van der Waals surface area (Å²) in [5.41, 5.74) is 1.02. The SMILES string of the molecule is CC(C)c1cn(C2CS(=O)(=O)C2)cn1. The Bertz CT molecular complexity index is 421. The molecule has 2 heterocycles. The number of hydrogen-bond acceptors (Lipinski definition) is 3. The van der Waals surface area contributed by atoms with E-state index in [0.717, 1.165) is 5.69 Å². The molecule has 1 aliphatic rings. The Labute approximate surface area is 83.9 Å². The van der Waals surface area contributed by atoms with Gasteiger partial charge in [-0.2, -0.15) is 0 Å². The quantitative estimate of drug-likeness (QED) is 0.737. The summed E-state index contributed by atoms with van der Waals surface area (Å²) in [6, 6.07) is 0.111. The first-order valence-corrected chi connectivity index (χ1v) is 6.54. The zero-order chi connectivity index (χ0) is 10.3. The lowest BCUT2D eigenvalue weighted by Crippen LogP contribution is -2.37. The predicted octanol–water partition coefficient (Wildman–Crippen LogP) is 0.976. The first-order chi connectivity index (χ1) is 6.48. The summed E-state index contributed by atoms with van der Waals surface area (Å²) >= 11 is 0. The van der Waals surface area contributed by atoms with Crippen LogP contribution >= 0.6 is 0 Å². The highest BCUT2D eigenvalue weighted by Gasteiger charge is 2.34. The molecule has 0 atom stereocenters. The van der Waals surface area contributed by atoms with Gasteiger partial charge in [-0.25, -0.2) is 13.4 Å². The number of aromatic nitrogens is 2. The van der Waals surface area contributed by atoms with E-state index in [9.17, 15) is 8.42 Å². The smallest absolute Gasteiger partial charge is 0.154 e. The molecule has 1 fully saturated rings. The van der Waals surface area contributed by atoms with Gasteiger partial charge in [-0.3, -0.25) is 0 Å². The van der Waals surface area contributed by atoms with Crippen molar-refractivity contribution < 1.29 is 8.42 Å². The van der Waals surface area contributed by atoms with Crippen LogP contribution in [-0.4, -0.2) is 29.5 Å². The fourth-order valence-corrected chi connectivity index (χ4v) is 2.98. The first-order valence-electron chi connectivity index (χ1n) is 4.72. The average molecular weight is 214 g/mol. The standard InChI is InChI=1S/C9H14N2O2S/c1-7(2)9-3-11(6-10-9)8-4-14(12,13)5-8/h3,6-8H,4-5H2,1-2H3. The Hall–Kier alpha value is -0.840. The minimum absolute atomic E-state index is 0.111. The van der Waals surface area contributed by atoms with Crippen LogP contribution in [-0.2, 0) is 9.84 Å². The van der Waals surface area contributed by atoms with E-state index in [1.807, 2.05) is 10.8 Å². The largest absolute Gasteiger partial charge is 0.332 e. The first kappa shape index (κ1) is 9.71. The summed E-state index contributed by atoms with van der Waals surface area (Å²) in [5.74, 6) is 0.926. The lowest BCUT2D eigenvalue weighted by Gasteiger charge is -2.26. The van der Waals surface area contributed by atoms with Crippen molar-refractivity contribution in [2.45, 2.75) is 25.8 Å². The highest BCUT2D eigenvalue weighted by atomic mass is 32.2. The summed E-state index contributed by atoms with van der Waals surface area (Å²) in [7, 11) is -2.74. The zero-order valence-corrected chi connectivity index (χ0v) is 9.16. The molecule has 0 N–H and O–H groups in total. The summed E-state index contributed by atoms with van der Waals surface area (Å²) in [6.45, 7) is 4.15. The number of nitrogens with zero attached hydrogens (tertiary/aromatic N) is 2. The molecule has 0 radical (unpaired) electrons. The van der Waals surface area contributed by atoms with Gasteiger partial charge in [0, 0.05) is 6.20 Å². The van der Waals surface area contributed by atoms with Crippen molar-refractivity contribution in [3.8, 4) is 0 Å². The van der Waals surface area contributed by atoms with Gasteiger partial charge in [-0.05, 0) is 5.92 Å². The Morgan fingerprint density at radius 1 is 1.50 bits per heavy atom. The fourth-order valence-electron chi connectivity index (χ4n) is 1.56. The molecule has 78 valence electrons. The van der Waals surface area contributed by atoms with Crippen molar-refractivity contribution in [2.24, 2.45) is 0 Å². The van der Waals surface area contributed by atoms with Gasteiger partial charge >= 0.3 is 0 Å². The van der Waals surface area contributed by atoms with E-state index in [1.54, 1.807) is 6.33 Å². The molecule has 0 amide bonds. The molecule has 4 nitrogen and oxygen atoms in total. The highest BCUT2D eigenvalue weighted by molar-refractivity contribution is 7.92. The molecule has 1 aromatic rings.